The molecule has 31 heavy (non-hydrogen) atoms. The highest BCUT2D eigenvalue weighted by atomic mass is 32.1. The zero-order valence-corrected chi connectivity index (χ0v) is 18.5. The Bertz CT molecular complexity index is 837. The third-order valence-corrected chi connectivity index (χ3v) is 6.55. The molecule has 0 radical (unpaired) electrons. The van der Waals surface area contributed by atoms with Crippen molar-refractivity contribution in [2.24, 2.45) is 0 Å². The summed E-state index contributed by atoms with van der Waals surface area (Å²) in [6, 6.07) is 8.43. The first-order valence-corrected chi connectivity index (χ1v) is 11.7. The number of rotatable bonds is 8. The smallest absolute Gasteiger partial charge is 0.275 e. The number of carbonyl (C=O) groups is 2. The molecule has 2 fully saturated rings. The van der Waals surface area contributed by atoms with Gasteiger partial charge in [-0.3, -0.25) is 14.5 Å². The minimum atomic E-state index is -0.0169. The van der Waals surface area contributed by atoms with Crippen molar-refractivity contribution in [3.63, 3.8) is 0 Å². The zero-order chi connectivity index (χ0) is 21.5. The Balaban J connectivity index is 1.23. The highest BCUT2D eigenvalue weighted by Crippen LogP contribution is 2.22. The number of carbonyl (C=O) groups excluding carboxylic acids is 2. The quantitative estimate of drug-likeness (QED) is 0.583. The summed E-state index contributed by atoms with van der Waals surface area (Å²) in [6.45, 7) is 5.65. The van der Waals surface area contributed by atoms with Crippen molar-refractivity contribution >= 4 is 24.0 Å². The van der Waals surface area contributed by atoms with Crippen LogP contribution in [0.15, 0.2) is 30.5 Å². The van der Waals surface area contributed by atoms with Gasteiger partial charge in [-0.1, -0.05) is 12.1 Å². The summed E-state index contributed by atoms with van der Waals surface area (Å²) in [5, 5.41) is 0. The number of nitrogens with zero attached hydrogens (tertiary/aromatic N) is 5. The molecule has 2 saturated heterocycles. The molecule has 0 spiro atoms. The van der Waals surface area contributed by atoms with Gasteiger partial charge in [-0.05, 0) is 37.0 Å². The maximum absolute atomic E-state index is 12.7. The van der Waals surface area contributed by atoms with Crippen LogP contribution in [0.3, 0.4) is 0 Å². The molecule has 3 heterocycles. The Hall–Kier alpha value is -2.52. The Morgan fingerprint density at radius 2 is 1.94 bits per heavy atom. The summed E-state index contributed by atoms with van der Waals surface area (Å²) < 4.78 is 14.0. The lowest BCUT2D eigenvalue weighted by Crippen LogP contribution is -2.45. The van der Waals surface area contributed by atoms with Crippen molar-refractivity contribution in [2.75, 3.05) is 39.3 Å². The molecule has 1 atom stereocenters. The molecule has 1 aromatic heterocycles. The monoisotopic (exact) mass is 443 g/mol. The standard InChI is InChI=1S/C22H29N5O3S/c28-17-26-12-10-25(11-13-26)16-18-4-6-20(7-5-18)30-14-8-19-3-1-2-9-27(19)22(29)21-15-23-31-24-21/h4-7,15,17,19H,1-3,8-14,16H2/t19-/m0/s1. The summed E-state index contributed by atoms with van der Waals surface area (Å²) in [7, 11) is 0. The van der Waals surface area contributed by atoms with Gasteiger partial charge in [0.2, 0.25) is 6.41 Å². The van der Waals surface area contributed by atoms with E-state index in [4.69, 9.17) is 4.74 Å². The van der Waals surface area contributed by atoms with Crippen molar-refractivity contribution in [3.05, 3.63) is 41.7 Å². The number of ether oxygens (including phenoxy) is 1. The largest absolute Gasteiger partial charge is 0.494 e. The average molecular weight is 444 g/mol. The SMILES string of the molecule is O=CN1CCN(Cc2ccc(OCC[C@@H]3CCCCN3C(=O)c3cnsn3)cc2)CC1. The highest BCUT2D eigenvalue weighted by Gasteiger charge is 2.28. The molecular formula is C22H29N5O3S. The lowest BCUT2D eigenvalue weighted by molar-refractivity contribution is -0.119. The summed E-state index contributed by atoms with van der Waals surface area (Å²) in [6.07, 6.45) is 6.47. The average Bonchev–Trinajstić information content (AvgIpc) is 3.36. The number of likely N-dealkylation sites (tertiary alicyclic amines) is 1. The molecule has 8 nitrogen and oxygen atoms in total. The second kappa shape index (κ2) is 10.7. The fraction of sp³-hybridized carbons (Fsp3) is 0.545. The number of benzene rings is 1. The van der Waals surface area contributed by atoms with Gasteiger partial charge in [0.1, 0.15) is 5.75 Å². The van der Waals surface area contributed by atoms with Crippen LogP contribution in [0.5, 0.6) is 5.75 Å². The van der Waals surface area contributed by atoms with Gasteiger partial charge in [-0.2, -0.15) is 8.75 Å². The van der Waals surface area contributed by atoms with E-state index in [-0.39, 0.29) is 11.9 Å². The number of hydrogen-bond acceptors (Lipinski definition) is 7. The van der Waals surface area contributed by atoms with E-state index in [9.17, 15) is 9.59 Å². The van der Waals surface area contributed by atoms with Crippen molar-refractivity contribution in [3.8, 4) is 5.75 Å². The zero-order valence-electron chi connectivity index (χ0n) is 17.7. The molecule has 2 aliphatic rings. The van der Waals surface area contributed by atoms with Crippen LogP contribution in [0, 0.1) is 0 Å². The molecule has 0 bridgehead atoms. The number of piperazine rings is 1. The Morgan fingerprint density at radius 3 is 2.65 bits per heavy atom. The van der Waals surface area contributed by atoms with Gasteiger partial charge in [0.15, 0.2) is 5.69 Å². The molecule has 0 N–H and O–H groups in total. The van der Waals surface area contributed by atoms with Gasteiger partial charge in [-0.25, -0.2) is 0 Å². The van der Waals surface area contributed by atoms with E-state index in [0.717, 1.165) is 88.8 Å². The van der Waals surface area contributed by atoms with Crippen LogP contribution in [-0.4, -0.2) is 81.1 Å². The number of hydrogen-bond donors (Lipinski definition) is 0. The Kier molecular flexibility index (Phi) is 7.48. The summed E-state index contributed by atoms with van der Waals surface area (Å²) >= 11 is 1.07. The first-order valence-electron chi connectivity index (χ1n) is 10.9. The molecule has 0 unspecified atom stereocenters. The van der Waals surface area contributed by atoms with Crippen LogP contribution in [0.25, 0.3) is 0 Å². The predicted molar refractivity (Wildman–Crippen MR) is 118 cm³/mol. The topological polar surface area (TPSA) is 78.9 Å². The third-order valence-electron chi connectivity index (χ3n) is 6.07. The molecule has 1 aromatic carbocycles. The van der Waals surface area contributed by atoms with Crippen molar-refractivity contribution in [1.29, 1.82) is 0 Å². The van der Waals surface area contributed by atoms with Crippen molar-refractivity contribution in [1.82, 2.24) is 23.4 Å². The van der Waals surface area contributed by atoms with Crippen LogP contribution in [0.2, 0.25) is 0 Å². The second-order valence-corrected chi connectivity index (χ2v) is 8.70. The molecule has 2 aliphatic heterocycles. The molecule has 9 heteroatoms. The number of amides is 2. The van der Waals surface area contributed by atoms with Crippen LogP contribution >= 0.6 is 11.7 Å². The van der Waals surface area contributed by atoms with Gasteiger partial charge in [0.05, 0.1) is 24.5 Å². The lowest BCUT2D eigenvalue weighted by atomic mass is 9.99. The van der Waals surface area contributed by atoms with E-state index < -0.39 is 0 Å². The van der Waals surface area contributed by atoms with Gasteiger partial charge in [0, 0.05) is 51.7 Å². The first-order chi connectivity index (χ1) is 15.2. The number of piperidine rings is 1. The third kappa shape index (κ3) is 5.80. The van der Waals surface area contributed by atoms with Gasteiger partial charge < -0.3 is 14.5 Å². The lowest BCUT2D eigenvalue weighted by Gasteiger charge is -2.35. The second-order valence-electron chi connectivity index (χ2n) is 8.14. The van der Waals surface area contributed by atoms with Crippen LogP contribution in [0.1, 0.15) is 41.7 Å². The van der Waals surface area contributed by atoms with Gasteiger partial charge >= 0.3 is 0 Å². The Labute approximate surface area is 187 Å². The van der Waals surface area contributed by atoms with E-state index >= 15 is 0 Å². The minimum Gasteiger partial charge on any atom is -0.494 e. The van der Waals surface area contributed by atoms with Crippen LogP contribution in [-0.2, 0) is 11.3 Å². The van der Waals surface area contributed by atoms with Gasteiger partial charge in [-0.15, -0.1) is 0 Å². The number of aromatic nitrogens is 2. The van der Waals surface area contributed by atoms with E-state index in [1.165, 1.54) is 5.56 Å². The van der Waals surface area contributed by atoms with Crippen LogP contribution < -0.4 is 4.74 Å². The Morgan fingerprint density at radius 1 is 1.13 bits per heavy atom. The van der Waals surface area contributed by atoms with Gasteiger partial charge in [0.25, 0.3) is 5.91 Å². The van der Waals surface area contributed by atoms with Crippen molar-refractivity contribution in [2.45, 2.75) is 38.3 Å². The predicted octanol–water partition coefficient (Wildman–Crippen LogP) is 2.28. The molecule has 4 rings (SSSR count). The van der Waals surface area contributed by atoms with E-state index in [1.807, 2.05) is 21.9 Å². The molecule has 2 aromatic rings. The summed E-state index contributed by atoms with van der Waals surface area (Å²) in [5.41, 5.74) is 1.69. The van der Waals surface area contributed by atoms with Crippen molar-refractivity contribution < 1.29 is 14.3 Å². The fourth-order valence-corrected chi connectivity index (χ4v) is 4.67. The maximum Gasteiger partial charge on any atom is 0.275 e. The first kappa shape index (κ1) is 21.7. The van der Waals surface area contributed by atoms with E-state index in [1.54, 1.807) is 6.20 Å². The highest BCUT2D eigenvalue weighted by molar-refractivity contribution is 6.99. The molecule has 0 aliphatic carbocycles. The van der Waals surface area contributed by atoms with Crippen LogP contribution in [0.4, 0.5) is 0 Å². The molecule has 0 saturated carbocycles. The normalized spacial score (nSPS) is 19.9. The summed E-state index contributed by atoms with van der Waals surface area (Å²) in [5.74, 6) is 0.837. The summed E-state index contributed by atoms with van der Waals surface area (Å²) in [4.78, 5) is 29.7. The fourth-order valence-electron chi connectivity index (χ4n) is 4.26. The molecule has 166 valence electrons. The molecular weight excluding hydrogens is 414 g/mol. The van der Waals surface area contributed by atoms with E-state index in [0.29, 0.717) is 12.3 Å². The van der Waals surface area contributed by atoms with E-state index in [2.05, 4.69) is 25.8 Å². The minimum absolute atomic E-state index is 0.0169. The maximum atomic E-state index is 12.7. The molecule has 2 amide bonds.